The third-order valence-electron chi connectivity index (χ3n) is 5.19. The number of hydrogen-bond donors (Lipinski definition) is 4. The Bertz CT molecular complexity index is 1630. The molecule has 0 radical (unpaired) electrons. The van der Waals surface area contributed by atoms with Crippen LogP contribution >= 0.6 is 0 Å². The molecule has 0 aliphatic carbocycles. The molecule has 6 aromatic rings. The maximum Gasteiger partial charge on any atom is 0.271 e. The lowest BCUT2D eigenvalue weighted by atomic mass is 10.1. The second-order valence-corrected chi connectivity index (χ2v) is 7.16. The van der Waals surface area contributed by atoms with Gasteiger partial charge in [0.15, 0.2) is 5.82 Å². The van der Waals surface area contributed by atoms with E-state index in [0.29, 0.717) is 34.2 Å². The predicted octanol–water partition coefficient (Wildman–Crippen LogP) is 4.82. The molecule has 0 aliphatic heterocycles. The lowest BCUT2D eigenvalue weighted by Crippen LogP contribution is -1.98. The van der Waals surface area contributed by atoms with Crippen LogP contribution in [0.5, 0.6) is 11.6 Å². The molecular formula is C23H16N6O2. The van der Waals surface area contributed by atoms with E-state index >= 15 is 0 Å². The Balaban J connectivity index is 1.42. The van der Waals surface area contributed by atoms with Gasteiger partial charge < -0.3 is 10.1 Å². The van der Waals surface area contributed by atoms with Gasteiger partial charge in [0.1, 0.15) is 11.6 Å². The first-order valence-electron chi connectivity index (χ1n) is 9.73. The highest BCUT2D eigenvalue weighted by molar-refractivity contribution is 5.97. The largest absolute Gasteiger partial charge is 0.439 e. The SMILES string of the molecule is O=c1[nH][nH]c2cc(Oc3cc4ccccc4c(Nc4n[nH]c5ccccc45)n3)ccc12. The Kier molecular flexibility index (Phi) is 3.76. The molecule has 0 saturated heterocycles. The molecule has 6 rings (SSSR count). The van der Waals surface area contributed by atoms with Crippen molar-refractivity contribution in [1.82, 2.24) is 25.4 Å². The van der Waals surface area contributed by atoms with Crippen molar-refractivity contribution in [3.8, 4) is 11.6 Å². The summed E-state index contributed by atoms with van der Waals surface area (Å²) >= 11 is 0. The van der Waals surface area contributed by atoms with Crippen molar-refractivity contribution in [3.05, 3.63) is 83.2 Å². The third-order valence-corrected chi connectivity index (χ3v) is 5.19. The molecule has 0 fully saturated rings. The highest BCUT2D eigenvalue weighted by Gasteiger charge is 2.12. The number of pyridine rings is 1. The van der Waals surface area contributed by atoms with Gasteiger partial charge >= 0.3 is 0 Å². The molecule has 0 spiro atoms. The minimum absolute atomic E-state index is 0.164. The summed E-state index contributed by atoms with van der Waals surface area (Å²) in [5, 5.41) is 19.6. The van der Waals surface area contributed by atoms with Crippen molar-refractivity contribution in [2.45, 2.75) is 0 Å². The summed E-state index contributed by atoms with van der Waals surface area (Å²) in [5.74, 6) is 2.33. The van der Waals surface area contributed by atoms with Crippen LogP contribution in [0.4, 0.5) is 11.6 Å². The van der Waals surface area contributed by atoms with Gasteiger partial charge in [-0.1, -0.05) is 36.4 Å². The highest BCUT2D eigenvalue weighted by Crippen LogP contribution is 2.32. The first kappa shape index (κ1) is 17.3. The number of fused-ring (bicyclic) bond motifs is 3. The standard InChI is InChI=1S/C23H16N6O2/c30-23-17-10-9-14(12-19(17)27-29-23)31-20-11-13-5-1-2-6-15(13)21(24-20)25-22-16-7-3-4-8-18(16)26-28-22/h1-12H,(H2,27,29,30)(H2,24,25,26,28). The van der Waals surface area contributed by atoms with Crippen LogP contribution in [0.2, 0.25) is 0 Å². The van der Waals surface area contributed by atoms with Crippen LogP contribution in [-0.4, -0.2) is 25.4 Å². The summed E-state index contributed by atoms with van der Waals surface area (Å²) in [6.45, 7) is 0. The zero-order valence-corrected chi connectivity index (χ0v) is 16.1. The average molecular weight is 408 g/mol. The van der Waals surface area contributed by atoms with Crippen molar-refractivity contribution in [2.24, 2.45) is 0 Å². The van der Waals surface area contributed by atoms with Crippen LogP contribution in [0, 0.1) is 0 Å². The zero-order valence-electron chi connectivity index (χ0n) is 16.1. The number of aromatic nitrogens is 5. The van der Waals surface area contributed by atoms with Gasteiger partial charge in [-0.2, -0.15) is 10.1 Å². The van der Waals surface area contributed by atoms with Gasteiger partial charge in [0, 0.05) is 22.9 Å². The van der Waals surface area contributed by atoms with Gasteiger partial charge in [-0.3, -0.25) is 20.1 Å². The molecule has 0 unspecified atom stereocenters. The Labute approximate surface area is 174 Å². The molecular weight excluding hydrogens is 392 g/mol. The number of benzene rings is 3. The summed E-state index contributed by atoms with van der Waals surface area (Å²) in [7, 11) is 0. The summed E-state index contributed by atoms with van der Waals surface area (Å²) in [4.78, 5) is 16.4. The molecule has 0 saturated carbocycles. The zero-order chi connectivity index (χ0) is 20.8. The van der Waals surface area contributed by atoms with E-state index in [4.69, 9.17) is 9.72 Å². The van der Waals surface area contributed by atoms with Crippen molar-refractivity contribution >= 4 is 44.2 Å². The smallest absolute Gasteiger partial charge is 0.271 e. The van der Waals surface area contributed by atoms with Crippen LogP contribution in [0.15, 0.2) is 77.6 Å². The van der Waals surface area contributed by atoms with Crippen LogP contribution in [0.1, 0.15) is 0 Å². The van der Waals surface area contributed by atoms with Crippen LogP contribution < -0.4 is 15.6 Å². The number of ether oxygens (including phenoxy) is 1. The van der Waals surface area contributed by atoms with Crippen LogP contribution in [0.25, 0.3) is 32.6 Å². The van der Waals surface area contributed by atoms with E-state index in [1.54, 1.807) is 18.2 Å². The van der Waals surface area contributed by atoms with E-state index in [9.17, 15) is 4.79 Å². The van der Waals surface area contributed by atoms with Gasteiger partial charge in [0.05, 0.1) is 16.4 Å². The van der Waals surface area contributed by atoms with E-state index in [0.717, 1.165) is 21.7 Å². The first-order valence-corrected chi connectivity index (χ1v) is 9.73. The molecule has 0 bridgehead atoms. The third kappa shape index (κ3) is 2.98. The lowest BCUT2D eigenvalue weighted by Gasteiger charge is -2.11. The lowest BCUT2D eigenvalue weighted by molar-refractivity contribution is 0.465. The number of nitrogens with zero attached hydrogens (tertiary/aromatic N) is 2. The summed E-state index contributed by atoms with van der Waals surface area (Å²) < 4.78 is 6.04. The van der Waals surface area contributed by atoms with Crippen molar-refractivity contribution in [2.75, 3.05) is 5.32 Å². The monoisotopic (exact) mass is 408 g/mol. The van der Waals surface area contributed by atoms with Gasteiger partial charge in [0.2, 0.25) is 5.88 Å². The van der Waals surface area contributed by atoms with Crippen molar-refractivity contribution in [1.29, 1.82) is 0 Å². The topological polar surface area (TPSA) is 111 Å². The second kappa shape index (κ2) is 6.74. The Morgan fingerprint density at radius 3 is 2.55 bits per heavy atom. The molecule has 8 heteroatoms. The van der Waals surface area contributed by atoms with E-state index < -0.39 is 0 Å². The van der Waals surface area contributed by atoms with E-state index in [2.05, 4.69) is 25.7 Å². The Hall–Kier alpha value is -4.59. The fraction of sp³-hybridized carbons (Fsp3) is 0. The Morgan fingerprint density at radius 1 is 0.774 bits per heavy atom. The molecule has 3 aromatic heterocycles. The molecule has 0 aliphatic rings. The number of anilines is 2. The fourth-order valence-corrected chi connectivity index (χ4v) is 3.69. The molecule has 3 heterocycles. The molecule has 3 aromatic carbocycles. The van der Waals surface area contributed by atoms with Crippen LogP contribution in [0.3, 0.4) is 0 Å². The molecule has 4 N–H and O–H groups in total. The quantitative estimate of drug-likeness (QED) is 0.334. The summed E-state index contributed by atoms with van der Waals surface area (Å²) in [6, 6.07) is 22.9. The average Bonchev–Trinajstić information content (AvgIpc) is 3.37. The minimum atomic E-state index is -0.164. The number of hydrogen-bond acceptors (Lipinski definition) is 5. The molecule has 0 atom stereocenters. The molecule has 8 nitrogen and oxygen atoms in total. The van der Waals surface area contributed by atoms with Gasteiger partial charge in [-0.05, 0) is 29.7 Å². The summed E-state index contributed by atoms with van der Waals surface area (Å²) in [6.07, 6.45) is 0. The molecule has 31 heavy (non-hydrogen) atoms. The number of para-hydroxylation sites is 1. The maximum absolute atomic E-state index is 11.7. The predicted molar refractivity (Wildman–Crippen MR) is 120 cm³/mol. The minimum Gasteiger partial charge on any atom is -0.439 e. The van der Waals surface area contributed by atoms with E-state index in [-0.39, 0.29) is 5.56 Å². The first-order chi connectivity index (χ1) is 15.2. The number of nitrogens with one attached hydrogen (secondary N) is 4. The fourth-order valence-electron chi connectivity index (χ4n) is 3.69. The van der Waals surface area contributed by atoms with Gasteiger partial charge in [-0.15, -0.1) is 0 Å². The van der Waals surface area contributed by atoms with Crippen LogP contribution in [-0.2, 0) is 0 Å². The number of rotatable bonds is 4. The van der Waals surface area contributed by atoms with Gasteiger partial charge in [0.25, 0.3) is 5.56 Å². The molecule has 0 amide bonds. The number of H-pyrrole nitrogens is 3. The summed E-state index contributed by atoms with van der Waals surface area (Å²) in [5.41, 5.74) is 1.45. The number of aromatic amines is 3. The normalized spacial score (nSPS) is 11.4. The van der Waals surface area contributed by atoms with E-state index in [1.165, 1.54) is 0 Å². The Morgan fingerprint density at radius 2 is 1.61 bits per heavy atom. The van der Waals surface area contributed by atoms with Crippen molar-refractivity contribution < 1.29 is 4.74 Å². The highest BCUT2D eigenvalue weighted by atomic mass is 16.5. The van der Waals surface area contributed by atoms with Gasteiger partial charge in [-0.25, -0.2) is 0 Å². The second-order valence-electron chi connectivity index (χ2n) is 7.16. The van der Waals surface area contributed by atoms with Crippen molar-refractivity contribution in [3.63, 3.8) is 0 Å². The van der Waals surface area contributed by atoms with E-state index in [1.807, 2.05) is 54.6 Å². The molecule has 150 valence electrons. The maximum atomic E-state index is 11.7.